The van der Waals surface area contributed by atoms with Gasteiger partial charge in [-0.1, -0.05) is 86.6 Å². The molecule has 3 aromatic rings. The summed E-state index contributed by atoms with van der Waals surface area (Å²) in [5.41, 5.74) is 3.70. The fourth-order valence-electron chi connectivity index (χ4n) is 4.38. The molecule has 1 N–H and O–H groups in total. The maximum atomic E-state index is 13.6. The van der Waals surface area contributed by atoms with E-state index in [1.165, 1.54) is 0 Å². The number of para-hydroxylation sites is 2. The maximum absolute atomic E-state index is 13.6. The molecule has 0 aromatic heterocycles. The van der Waals surface area contributed by atoms with Gasteiger partial charge in [0.1, 0.15) is 0 Å². The smallest absolute Gasteiger partial charge is 0.236 e. The van der Waals surface area contributed by atoms with Crippen LogP contribution in [0.2, 0.25) is 0 Å². The number of rotatable bonds is 6. The maximum Gasteiger partial charge on any atom is 0.236 e. The van der Waals surface area contributed by atoms with Crippen LogP contribution in [0.25, 0.3) is 0 Å². The Bertz CT molecular complexity index is 1040. The minimum absolute atomic E-state index is 0.0102. The van der Waals surface area contributed by atoms with Gasteiger partial charge in [-0.25, -0.2) is 0 Å². The molecular weight excluding hydrogens is 410 g/mol. The highest BCUT2D eigenvalue weighted by Gasteiger charge is 2.26. The number of benzene rings is 3. The minimum Gasteiger partial charge on any atom is -0.366 e. The largest absolute Gasteiger partial charge is 0.366 e. The van der Waals surface area contributed by atoms with Gasteiger partial charge in [-0.15, -0.1) is 0 Å². The summed E-state index contributed by atoms with van der Waals surface area (Å²) in [6, 6.07) is 27.7. The van der Waals surface area contributed by atoms with E-state index in [2.05, 4.69) is 10.2 Å². The molecular formula is C28H31N3O2. The molecule has 0 saturated carbocycles. The van der Waals surface area contributed by atoms with Crippen molar-refractivity contribution in [1.29, 1.82) is 0 Å². The van der Waals surface area contributed by atoms with E-state index >= 15 is 0 Å². The third-order valence-electron chi connectivity index (χ3n) is 6.12. The lowest BCUT2D eigenvalue weighted by molar-refractivity contribution is -0.134. The molecule has 3 aromatic carbocycles. The molecule has 0 spiro atoms. The number of hydrogen-bond acceptors (Lipinski definition) is 3. The average Bonchev–Trinajstić information content (AvgIpc) is 2.85. The zero-order chi connectivity index (χ0) is 23.2. The molecule has 0 unspecified atom stereocenters. The molecule has 1 fully saturated rings. The van der Waals surface area contributed by atoms with Gasteiger partial charge in [-0.2, -0.15) is 0 Å². The van der Waals surface area contributed by atoms with Crippen LogP contribution in [-0.2, 0) is 9.59 Å². The van der Waals surface area contributed by atoms with Crippen LogP contribution in [0.5, 0.6) is 0 Å². The molecule has 4 rings (SSSR count). The standard InChI is InChI=1S/C28H31N3O2/c1-21(2)28(33)31-19-17-30(18-20-31)25-16-10-9-15-24(25)29-27(32)26(22-11-5-3-6-12-22)23-13-7-4-8-14-23/h3-16,21,26H,17-20H2,1-2H3,(H,29,32). The van der Waals surface area contributed by atoms with E-state index in [4.69, 9.17) is 0 Å². The van der Waals surface area contributed by atoms with E-state index in [0.29, 0.717) is 13.1 Å². The second-order valence-electron chi connectivity index (χ2n) is 8.73. The van der Waals surface area contributed by atoms with E-state index in [1.807, 2.05) is 104 Å². The van der Waals surface area contributed by atoms with Crippen LogP contribution in [0.4, 0.5) is 11.4 Å². The fraction of sp³-hybridized carbons (Fsp3) is 0.286. The number of anilines is 2. The van der Waals surface area contributed by atoms with Gasteiger partial charge in [-0.3, -0.25) is 9.59 Å². The van der Waals surface area contributed by atoms with Crippen molar-refractivity contribution in [3.05, 3.63) is 96.1 Å². The first-order valence-electron chi connectivity index (χ1n) is 11.6. The molecule has 1 aliphatic rings. The highest BCUT2D eigenvalue weighted by Crippen LogP contribution is 2.31. The first kappa shape index (κ1) is 22.6. The Balaban J connectivity index is 1.55. The van der Waals surface area contributed by atoms with Gasteiger partial charge in [-0.05, 0) is 23.3 Å². The molecule has 1 heterocycles. The number of nitrogens with one attached hydrogen (secondary N) is 1. The Morgan fingerprint density at radius 1 is 0.727 bits per heavy atom. The van der Waals surface area contributed by atoms with Crippen LogP contribution < -0.4 is 10.2 Å². The number of amides is 2. The summed E-state index contributed by atoms with van der Waals surface area (Å²) in [7, 11) is 0. The van der Waals surface area contributed by atoms with Crippen molar-refractivity contribution in [3.8, 4) is 0 Å². The summed E-state index contributed by atoms with van der Waals surface area (Å²) in [4.78, 5) is 30.1. The number of carbonyl (C=O) groups excluding carboxylic acids is 2. The van der Waals surface area contributed by atoms with Gasteiger partial charge in [0.2, 0.25) is 11.8 Å². The van der Waals surface area contributed by atoms with E-state index < -0.39 is 5.92 Å². The molecule has 2 amide bonds. The van der Waals surface area contributed by atoms with Crippen molar-refractivity contribution in [2.24, 2.45) is 5.92 Å². The molecule has 1 saturated heterocycles. The van der Waals surface area contributed by atoms with Crippen LogP contribution in [0, 0.1) is 5.92 Å². The molecule has 5 heteroatoms. The molecule has 0 bridgehead atoms. The fourth-order valence-corrected chi connectivity index (χ4v) is 4.38. The molecule has 170 valence electrons. The molecule has 0 atom stereocenters. The first-order chi connectivity index (χ1) is 16.0. The Labute approximate surface area is 196 Å². The average molecular weight is 442 g/mol. The van der Waals surface area contributed by atoms with Crippen LogP contribution in [0.15, 0.2) is 84.9 Å². The van der Waals surface area contributed by atoms with Crippen molar-refractivity contribution in [2.45, 2.75) is 19.8 Å². The summed E-state index contributed by atoms with van der Waals surface area (Å²) in [6.45, 7) is 6.75. The SMILES string of the molecule is CC(C)C(=O)N1CCN(c2ccccc2NC(=O)C(c2ccccc2)c2ccccc2)CC1. The summed E-state index contributed by atoms with van der Waals surface area (Å²) in [5.74, 6) is -0.254. The number of hydrogen-bond donors (Lipinski definition) is 1. The molecule has 0 radical (unpaired) electrons. The van der Waals surface area contributed by atoms with Crippen molar-refractivity contribution >= 4 is 23.2 Å². The Morgan fingerprint density at radius 3 is 1.79 bits per heavy atom. The lowest BCUT2D eigenvalue weighted by atomic mass is 9.90. The predicted octanol–water partition coefficient (Wildman–Crippen LogP) is 4.76. The zero-order valence-electron chi connectivity index (χ0n) is 19.3. The third-order valence-corrected chi connectivity index (χ3v) is 6.12. The van der Waals surface area contributed by atoms with Gasteiger partial charge >= 0.3 is 0 Å². The highest BCUT2D eigenvalue weighted by atomic mass is 16.2. The van der Waals surface area contributed by atoms with Gasteiger partial charge < -0.3 is 15.1 Å². The summed E-state index contributed by atoms with van der Waals surface area (Å²) < 4.78 is 0. The lowest BCUT2D eigenvalue weighted by Gasteiger charge is -2.37. The zero-order valence-corrected chi connectivity index (χ0v) is 19.3. The van der Waals surface area contributed by atoms with Gasteiger partial charge in [0.25, 0.3) is 0 Å². The second kappa shape index (κ2) is 10.3. The summed E-state index contributed by atoms with van der Waals surface area (Å²) in [5, 5.41) is 3.20. The third kappa shape index (κ3) is 5.25. The van der Waals surface area contributed by atoms with Gasteiger partial charge in [0.15, 0.2) is 0 Å². The number of nitrogens with zero attached hydrogens (tertiary/aromatic N) is 2. The van der Waals surface area contributed by atoms with E-state index in [-0.39, 0.29) is 17.7 Å². The topological polar surface area (TPSA) is 52.7 Å². The van der Waals surface area contributed by atoms with Gasteiger partial charge in [0, 0.05) is 32.1 Å². The van der Waals surface area contributed by atoms with Crippen molar-refractivity contribution in [1.82, 2.24) is 4.90 Å². The monoisotopic (exact) mass is 441 g/mol. The van der Waals surface area contributed by atoms with Gasteiger partial charge in [0.05, 0.1) is 17.3 Å². The highest BCUT2D eigenvalue weighted by molar-refractivity contribution is 6.00. The Hall–Kier alpha value is -3.60. The number of carbonyl (C=O) groups is 2. The van der Waals surface area contributed by atoms with Crippen LogP contribution in [-0.4, -0.2) is 42.9 Å². The van der Waals surface area contributed by atoms with Crippen LogP contribution in [0.1, 0.15) is 30.9 Å². The molecule has 5 nitrogen and oxygen atoms in total. The predicted molar refractivity (Wildman–Crippen MR) is 133 cm³/mol. The normalized spacial score (nSPS) is 13.9. The summed E-state index contributed by atoms with van der Waals surface area (Å²) >= 11 is 0. The minimum atomic E-state index is -0.402. The molecule has 1 aliphatic heterocycles. The van der Waals surface area contributed by atoms with E-state index in [9.17, 15) is 9.59 Å². The summed E-state index contributed by atoms with van der Waals surface area (Å²) in [6.07, 6.45) is 0. The van der Waals surface area contributed by atoms with Crippen LogP contribution in [0.3, 0.4) is 0 Å². The quantitative estimate of drug-likeness (QED) is 0.600. The number of piperazine rings is 1. The lowest BCUT2D eigenvalue weighted by Crippen LogP contribution is -2.50. The van der Waals surface area contributed by atoms with Crippen molar-refractivity contribution in [2.75, 3.05) is 36.4 Å². The molecule has 33 heavy (non-hydrogen) atoms. The first-order valence-corrected chi connectivity index (χ1v) is 11.6. The Kier molecular flexibility index (Phi) is 7.08. The Morgan fingerprint density at radius 2 is 1.24 bits per heavy atom. The van der Waals surface area contributed by atoms with Crippen LogP contribution >= 0.6 is 0 Å². The van der Waals surface area contributed by atoms with Crippen molar-refractivity contribution in [3.63, 3.8) is 0 Å². The van der Waals surface area contributed by atoms with Crippen molar-refractivity contribution < 1.29 is 9.59 Å². The van der Waals surface area contributed by atoms with E-state index in [1.54, 1.807) is 0 Å². The van der Waals surface area contributed by atoms with E-state index in [0.717, 1.165) is 35.6 Å². The molecule has 0 aliphatic carbocycles. The second-order valence-corrected chi connectivity index (χ2v) is 8.73.